The van der Waals surface area contributed by atoms with Crippen molar-refractivity contribution in [3.8, 4) is 0 Å². The van der Waals surface area contributed by atoms with E-state index in [0.717, 1.165) is 24.8 Å². The highest BCUT2D eigenvalue weighted by atomic mass is 16.3. The normalized spacial score (nSPS) is 17.3. The monoisotopic (exact) mass is 235 g/mol. The van der Waals surface area contributed by atoms with Gasteiger partial charge in [-0.05, 0) is 37.0 Å². The maximum Gasteiger partial charge on any atom is 0.251 e. The second kappa shape index (κ2) is 4.85. The van der Waals surface area contributed by atoms with Crippen LogP contribution in [0.5, 0.6) is 0 Å². The van der Waals surface area contributed by atoms with Crippen molar-refractivity contribution in [3.05, 3.63) is 35.4 Å². The van der Waals surface area contributed by atoms with Crippen molar-refractivity contribution in [3.63, 3.8) is 0 Å². The van der Waals surface area contributed by atoms with Crippen molar-refractivity contribution in [1.29, 1.82) is 0 Å². The number of carbonyl (C=O) groups excluding carboxylic acids is 1. The van der Waals surface area contributed by atoms with Gasteiger partial charge in [0.15, 0.2) is 0 Å². The summed E-state index contributed by atoms with van der Waals surface area (Å²) in [5.41, 5.74) is 0.630. The number of aliphatic hydroxyl groups is 2. The van der Waals surface area contributed by atoms with Crippen molar-refractivity contribution in [1.82, 2.24) is 5.32 Å². The number of aliphatic hydroxyl groups excluding tert-OH is 1. The molecule has 17 heavy (non-hydrogen) atoms. The van der Waals surface area contributed by atoms with Crippen molar-refractivity contribution in [2.24, 2.45) is 0 Å². The first-order chi connectivity index (χ1) is 8.13. The van der Waals surface area contributed by atoms with Crippen LogP contribution in [0.3, 0.4) is 0 Å². The number of carbonyl (C=O) groups is 1. The number of rotatable bonds is 4. The number of amides is 1. The molecule has 0 aliphatic heterocycles. The van der Waals surface area contributed by atoms with E-state index >= 15 is 0 Å². The summed E-state index contributed by atoms with van der Waals surface area (Å²) >= 11 is 0. The minimum absolute atomic E-state index is 0.0261. The first-order valence-corrected chi connectivity index (χ1v) is 5.83. The fourth-order valence-electron chi connectivity index (χ4n) is 1.87. The van der Waals surface area contributed by atoms with Crippen molar-refractivity contribution in [2.45, 2.75) is 31.5 Å². The van der Waals surface area contributed by atoms with Gasteiger partial charge in [0.2, 0.25) is 0 Å². The molecule has 1 aliphatic rings. The van der Waals surface area contributed by atoms with Crippen LogP contribution in [0.2, 0.25) is 0 Å². The SMILES string of the molecule is O=C(NCC1(O)CCC1)c1ccc(CO)cc1. The number of nitrogens with one attached hydrogen (secondary N) is 1. The van der Waals surface area contributed by atoms with Crippen LogP contribution in [0.1, 0.15) is 35.2 Å². The minimum atomic E-state index is -0.694. The summed E-state index contributed by atoms with van der Waals surface area (Å²) < 4.78 is 0. The number of hydrogen-bond donors (Lipinski definition) is 3. The van der Waals surface area contributed by atoms with Gasteiger partial charge in [0.25, 0.3) is 5.91 Å². The predicted octanol–water partition coefficient (Wildman–Crippen LogP) is 0.824. The van der Waals surface area contributed by atoms with Gasteiger partial charge in [0.05, 0.1) is 12.2 Å². The van der Waals surface area contributed by atoms with Crippen LogP contribution in [0.4, 0.5) is 0 Å². The molecule has 0 unspecified atom stereocenters. The number of benzene rings is 1. The lowest BCUT2D eigenvalue weighted by Gasteiger charge is -2.36. The van der Waals surface area contributed by atoms with Crippen LogP contribution in [-0.4, -0.2) is 28.3 Å². The van der Waals surface area contributed by atoms with Crippen molar-refractivity contribution >= 4 is 5.91 Å². The molecule has 4 heteroatoms. The summed E-state index contributed by atoms with van der Waals surface area (Å²) in [7, 11) is 0. The Morgan fingerprint density at radius 1 is 1.29 bits per heavy atom. The van der Waals surface area contributed by atoms with Crippen LogP contribution in [0.15, 0.2) is 24.3 Å². The van der Waals surface area contributed by atoms with Crippen molar-refractivity contribution < 1.29 is 15.0 Å². The lowest BCUT2D eigenvalue weighted by Crippen LogP contribution is -2.47. The molecule has 0 aromatic heterocycles. The Kier molecular flexibility index (Phi) is 3.45. The molecular weight excluding hydrogens is 218 g/mol. The van der Waals surface area contributed by atoms with E-state index in [1.165, 1.54) is 0 Å². The van der Waals surface area contributed by atoms with Crippen LogP contribution >= 0.6 is 0 Å². The summed E-state index contributed by atoms with van der Waals surface area (Å²) in [6.45, 7) is 0.287. The molecule has 92 valence electrons. The zero-order valence-corrected chi connectivity index (χ0v) is 9.65. The van der Waals surface area contributed by atoms with Gasteiger partial charge >= 0.3 is 0 Å². The van der Waals surface area contributed by atoms with E-state index in [2.05, 4.69) is 5.32 Å². The molecule has 1 aromatic carbocycles. The molecule has 1 saturated carbocycles. The quantitative estimate of drug-likeness (QED) is 0.723. The highest BCUT2D eigenvalue weighted by Crippen LogP contribution is 2.30. The zero-order chi connectivity index (χ0) is 12.3. The van der Waals surface area contributed by atoms with Gasteiger partial charge in [-0.25, -0.2) is 0 Å². The van der Waals surface area contributed by atoms with Gasteiger partial charge in [-0.3, -0.25) is 4.79 Å². The van der Waals surface area contributed by atoms with Gasteiger partial charge in [-0.15, -0.1) is 0 Å². The lowest BCUT2D eigenvalue weighted by atomic mass is 9.80. The van der Waals surface area contributed by atoms with Crippen LogP contribution < -0.4 is 5.32 Å². The fraction of sp³-hybridized carbons (Fsp3) is 0.462. The molecule has 1 aliphatic carbocycles. The molecular formula is C13H17NO3. The smallest absolute Gasteiger partial charge is 0.251 e. The van der Waals surface area contributed by atoms with E-state index in [1.807, 2.05) is 0 Å². The highest BCUT2D eigenvalue weighted by molar-refractivity contribution is 5.94. The third-order valence-corrected chi connectivity index (χ3v) is 3.26. The minimum Gasteiger partial charge on any atom is -0.392 e. The second-order valence-electron chi connectivity index (χ2n) is 4.62. The summed E-state index contributed by atoms with van der Waals surface area (Å²) in [5.74, 6) is -0.185. The fourth-order valence-corrected chi connectivity index (χ4v) is 1.87. The van der Waals surface area contributed by atoms with E-state index in [0.29, 0.717) is 12.1 Å². The molecule has 0 radical (unpaired) electrons. The Morgan fingerprint density at radius 3 is 2.41 bits per heavy atom. The van der Waals surface area contributed by atoms with Gasteiger partial charge in [0.1, 0.15) is 0 Å². The predicted molar refractivity (Wildman–Crippen MR) is 63.5 cm³/mol. The van der Waals surface area contributed by atoms with E-state index < -0.39 is 5.60 Å². The summed E-state index contributed by atoms with van der Waals surface area (Å²) in [6, 6.07) is 6.78. The van der Waals surface area contributed by atoms with Gasteiger partial charge < -0.3 is 15.5 Å². The Morgan fingerprint density at radius 2 is 1.94 bits per heavy atom. The van der Waals surface area contributed by atoms with E-state index in [4.69, 9.17) is 5.11 Å². The molecule has 1 amide bonds. The third-order valence-electron chi connectivity index (χ3n) is 3.26. The standard InChI is InChI=1S/C13H17NO3/c15-8-10-2-4-11(5-3-10)12(16)14-9-13(17)6-1-7-13/h2-5,15,17H,1,6-9H2,(H,14,16). The first kappa shape index (κ1) is 12.1. The third kappa shape index (κ3) is 2.84. The average Bonchev–Trinajstić information content (AvgIpc) is 2.33. The zero-order valence-electron chi connectivity index (χ0n) is 9.65. The van der Waals surface area contributed by atoms with Gasteiger partial charge in [0, 0.05) is 12.1 Å². The maximum atomic E-state index is 11.7. The molecule has 1 fully saturated rings. The summed E-state index contributed by atoms with van der Waals surface area (Å²) in [6.07, 6.45) is 2.55. The molecule has 0 atom stereocenters. The average molecular weight is 235 g/mol. The summed E-state index contributed by atoms with van der Waals surface area (Å²) in [4.78, 5) is 11.7. The molecule has 2 rings (SSSR count). The highest BCUT2D eigenvalue weighted by Gasteiger charge is 2.34. The second-order valence-corrected chi connectivity index (χ2v) is 4.62. The van der Waals surface area contributed by atoms with Crippen molar-refractivity contribution in [2.75, 3.05) is 6.54 Å². The largest absolute Gasteiger partial charge is 0.392 e. The molecule has 3 N–H and O–H groups in total. The summed E-state index contributed by atoms with van der Waals surface area (Å²) in [5, 5.41) is 21.5. The molecule has 1 aromatic rings. The van der Waals surface area contributed by atoms with E-state index in [9.17, 15) is 9.90 Å². The molecule has 4 nitrogen and oxygen atoms in total. The van der Waals surface area contributed by atoms with E-state index in [1.54, 1.807) is 24.3 Å². The molecule has 0 bridgehead atoms. The van der Waals surface area contributed by atoms with Gasteiger partial charge in [-0.2, -0.15) is 0 Å². The van der Waals surface area contributed by atoms with Crippen LogP contribution in [-0.2, 0) is 6.61 Å². The Labute approximate surface area is 100 Å². The van der Waals surface area contributed by atoms with Crippen LogP contribution in [0.25, 0.3) is 0 Å². The Balaban J connectivity index is 1.90. The lowest BCUT2D eigenvalue weighted by molar-refractivity contribution is -0.0300. The Bertz CT molecular complexity index is 396. The Hall–Kier alpha value is -1.39. The van der Waals surface area contributed by atoms with Gasteiger partial charge in [-0.1, -0.05) is 12.1 Å². The van der Waals surface area contributed by atoms with E-state index in [-0.39, 0.29) is 12.5 Å². The number of hydrogen-bond acceptors (Lipinski definition) is 3. The molecule has 0 saturated heterocycles. The first-order valence-electron chi connectivity index (χ1n) is 5.83. The molecule has 0 spiro atoms. The topological polar surface area (TPSA) is 69.6 Å². The molecule has 0 heterocycles. The maximum absolute atomic E-state index is 11.7. The van der Waals surface area contributed by atoms with Crippen LogP contribution in [0, 0.1) is 0 Å².